The monoisotopic (exact) mass is 553 g/mol. The predicted molar refractivity (Wildman–Crippen MR) is 145 cm³/mol. The zero-order valence-corrected chi connectivity index (χ0v) is 22.3. The average molecular weight is 554 g/mol. The van der Waals surface area contributed by atoms with Crippen molar-refractivity contribution in [3.63, 3.8) is 0 Å². The first-order valence-electron chi connectivity index (χ1n) is 12.8. The smallest absolute Gasteiger partial charge is 0.243 e. The van der Waals surface area contributed by atoms with Gasteiger partial charge in [0, 0.05) is 18.7 Å². The largest absolute Gasteiger partial charge is 0.291 e. The van der Waals surface area contributed by atoms with Crippen LogP contribution < -0.4 is 0 Å². The van der Waals surface area contributed by atoms with Crippen molar-refractivity contribution >= 4 is 21.9 Å². The Hall–Kier alpha value is -4.46. The number of aromatic nitrogens is 3. The maximum Gasteiger partial charge on any atom is 0.243 e. The summed E-state index contributed by atoms with van der Waals surface area (Å²) in [5, 5.41) is 13.9. The summed E-state index contributed by atoms with van der Waals surface area (Å²) < 4.78 is 44.5. The van der Waals surface area contributed by atoms with Crippen LogP contribution in [0.15, 0.2) is 83.5 Å². The van der Waals surface area contributed by atoms with Crippen LogP contribution in [0.3, 0.4) is 0 Å². The number of sulfonamides is 1. The van der Waals surface area contributed by atoms with Gasteiger partial charge in [-0.2, -0.15) is 14.7 Å². The number of fused-ring (bicyclic) bond motifs is 2. The third-order valence-electron chi connectivity index (χ3n) is 7.51. The Morgan fingerprint density at radius 2 is 1.93 bits per heavy atom. The van der Waals surface area contributed by atoms with E-state index >= 15 is 0 Å². The number of benzene rings is 2. The highest BCUT2D eigenvalue weighted by molar-refractivity contribution is 7.89. The molecule has 1 aliphatic carbocycles. The highest BCUT2D eigenvalue weighted by Crippen LogP contribution is 2.41. The number of nitriles is 1. The minimum absolute atomic E-state index is 0.0328. The molecule has 0 bridgehead atoms. The molecule has 1 unspecified atom stereocenters. The van der Waals surface area contributed by atoms with Crippen molar-refractivity contribution in [2.75, 3.05) is 6.54 Å². The van der Waals surface area contributed by atoms with Crippen molar-refractivity contribution < 1.29 is 17.6 Å². The van der Waals surface area contributed by atoms with Gasteiger partial charge >= 0.3 is 0 Å². The van der Waals surface area contributed by atoms with Gasteiger partial charge in [-0.05, 0) is 91.6 Å². The van der Waals surface area contributed by atoms with E-state index in [0.717, 1.165) is 22.4 Å². The second-order valence-corrected chi connectivity index (χ2v) is 11.9. The summed E-state index contributed by atoms with van der Waals surface area (Å²) in [6.45, 7) is 1.94. The Kier molecular flexibility index (Phi) is 6.41. The number of halogens is 1. The molecule has 3 heterocycles. The van der Waals surface area contributed by atoms with E-state index < -0.39 is 22.0 Å². The zero-order valence-electron chi connectivity index (χ0n) is 21.5. The van der Waals surface area contributed by atoms with E-state index in [-0.39, 0.29) is 34.3 Å². The number of aryl methyl sites for hydroxylation is 1. The molecule has 2 aliphatic rings. The molecule has 4 aromatic rings. The predicted octanol–water partition coefficient (Wildman–Crippen LogP) is 4.49. The SMILES string of the molecule is Cc1ccnc(C(=O)[C@@H]2C3Cc4cnn(-c5ccc(F)cc5)c4C=C3CCN2S(=O)(=O)c2cccc(C#N)c2)c1. The molecule has 1 fully saturated rings. The third kappa shape index (κ3) is 4.43. The molecule has 8 nitrogen and oxygen atoms in total. The Morgan fingerprint density at radius 3 is 2.67 bits per heavy atom. The van der Waals surface area contributed by atoms with Crippen molar-refractivity contribution in [1.29, 1.82) is 5.26 Å². The summed E-state index contributed by atoms with van der Waals surface area (Å²) >= 11 is 0. The summed E-state index contributed by atoms with van der Waals surface area (Å²) in [6, 6.07) is 16.3. The molecule has 200 valence electrons. The first kappa shape index (κ1) is 25.8. The van der Waals surface area contributed by atoms with E-state index in [4.69, 9.17) is 0 Å². The van der Waals surface area contributed by atoms with Crippen LogP contribution in [0.2, 0.25) is 0 Å². The number of piperidine rings is 1. The highest BCUT2D eigenvalue weighted by Gasteiger charge is 2.47. The molecule has 6 rings (SSSR count). The van der Waals surface area contributed by atoms with Crippen molar-refractivity contribution in [3.8, 4) is 11.8 Å². The van der Waals surface area contributed by atoms with Gasteiger partial charge in [-0.15, -0.1) is 0 Å². The minimum Gasteiger partial charge on any atom is -0.291 e. The molecule has 1 saturated heterocycles. The van der Waals surface area contributed by atoms with Gasteiger partial charge in [-0.3, -0.25) is 9.78 Å². The number of hydrogen-bond donors (Lipinski definition) is 0. The van der Waals surface area contributed by atoms with Gasteiger partial charge in [0.1, 0.15) is 11.5 Å². The lowest BCUT2D eigenvalue weighted by Crippen LogP contribution is -2.54. The zero-order chi connectivity index (χ0) is 28.0. The molecule has 0 spiro atoms. The molecule has 2 aromatic carbocycles. The van der Waals surface area contributed by atoms with Gasteiger partial charge in [-0.25, -0.2) is 17.5 Å². The van der Waals surface area contributed by atoms with E-state index in [1.165, 1.54) is 40.7 Å². The number of pyridine rings is 1. The number of Topliss-reactive ketones (excluding diaryl/α,β-unsaturated/α-hetero) is 1. The van der Waals surface area contributed by atoms with Crippen LogP contribution in [0, 0.1) is 30.0 Å². The Morgan fingerprint density at radius 1 is 1.12 bits per heavy atom. The van der Waals surface area contributed by atoms with Crippen LogP contribution in [-0.2, 0) is 16.4 Å². The van der Waals surface area contributed by atoms with Crippen LogP contribution in [0.4, 0.5) is 4.39 Å². The Labute approximate surface area is 231 Å². The van der Waals surface area contributed by atoms with Crippen molar-refractivity contribution in [2.24, 2.45) is 5.92 Å². The summed E-state index contributed by atoms with van der Waals surface area (Å²) in [5.74, 6) is -1.16. The fraction of sp³-hybridized carbons (Fsp3) is 0.200. The number of carbonyl (C=O) groups excluding carboxylic acids is 1. The Bertz CT molecular complexity index is 1820. The molecular formula is C30H24FN5O3S. The van der Waals surface area contributed by atoms with Crippen LogP contribution in [0.5, 0.6) is 0 Å². The molecular weight excluding hydrogens is 529 g/mol. The van der Waals surface area contributed by atoms with Crippen molar-refractivity contribution in [3.05, 3.63) is 113 Å². The van der Waals surface area contributed by atoms with Crippen molar-refractivity contribution in [1.82, 2.24) is 19.1 Å². The van der Waals surface area contributed by atoms with Gasteiger partial charge in [0.25, 0.3) is 0 Å². The normalized spacial score (nSPS) is 18.8. The summed E-state index contributed by atoms with van der Waals surface area (Å²) in [4.78, 5) is 18.3. The van der Waals surface area contributed by atoms with Gasteiger partial charge in [0.15, 0.2) is 5.78 Å². The first-order chi connectivity index (χ1) is 19.3. The summed E-state index contributed by atoms with van der Waals surface area (Å²) in [6.07, 6.45) is 6.05. The van der Waals surface area contributed by atoms with E-state index in [1.54, 1.807) is 41.3 Å². The van der Waals surface area contributed by atoms with Crippen LogP contribution in [-0.4, -0.2) is 45.9 Å². The molecule has 10 heteroatoms. The number of carbonyl (C=O) groups is 1. The van der Waals surface area contributed by atoms with Crippen LogP contribution >= 0.6 is 0 Å². The lowest BCUT2D eigenvalue weighted by molar-refractivity contribution is 0.0821. The standard InChI is InChI=1S/C30H24FN5O3S/c1-19-9-11-33-27(13-19)30(37)29-26-15-22-18-34-36(24-7-5-23(31)6-8-24)28(22)16-21(26)10-12-35(29)40(38,39)25-4-2-3-20(14-25)17-32/h2-9,11,13-14,16,18,26,29H,10,12,15H2,1H3/t26?,29-/m0/s1. The molecule has 2 atom stereocenters. The fourth-order valence-electron chi connectivity index (χ4n) is 5.56. The maximum atomic E-state index is 14.1. The molecule has 0 saturated carbocycles. The van der Waals surface area contributed by atoms with E-state index in [0.29, 0.717) is 18.5 Å². The quantitative estimate of drug-likeness (QED) is 0.337. The molecule has 0 radical (unpaired) electrons. The second kappa shape index (κ2) is 9.93. The number of nitrogens with zero attached hydrogens (tertiary/aromatic N) is 5. The maximum absolute atomic E-state index is 14.1. The molecule has 40 heavy (non-hydrogen) atoms. The summed E-state index contributed by atoms with van der Waals surface area (Å²) in [7, 11) is -4.13. The van der Waals surface area contributed by atoms with Crippen molar-refractivity contribution in [2.45, 2.75) is 30.7 Å². The number of hydrogen-bond acceptors (Lipinski definition) is 6. The fourth-order valence-corrected chi connectivity index (χ4v) is 7.23. The van der Waals surface area contributed by atoms with E-state index in [9.17, 15) is 22.9 Å². The second-order valence-electron chi connectivity index (χ2n) is 10.0. The molecule has 0 N–H and O–H groups in total. The molecule has 1 aliphatic heterocycles. The number of ketones is 1. The molecule has 0 amide bonds. The number of rotatable bonds is 5. The molecule has 2 aromatic heterocycles. The highest BCUT2D eigenvalue weighted by atomic mass is 32.2. The topological polar surface area (TPSA) is 109 Å². The Balaban J connectivity index is 1.44. The lowest BCUT2D eigenvalue weighted by Gasteiger charge is -2.42. The van der Waals surface area contributed by atoms with Gasteiger partial charge in [0.05, 0.1) is 40.1 Å². The lowest BCUT2D eigenvalue weighted by atomic mass is 9.76. The first-order valence-corrected chi connectivity index (χ1v) is 14.2. The van der Waals surface area contributed by atoms with Crippen LogP contribution in [0.25, 0.3) is 11.8 Å². The van der Waals surface area contributed by atoms with E-state index in [1.807, 2.05) is 19.1 Å². The van der Waals surface area contributed by atoms with E-state index in [2.05, 4.69) is 10.1 Å². The van der Waals surface area contributed by atoms with Gasteiger partial charge in [0.2, 0.25) is 10.0 Å². The van der Waals surface area contributed by atoms with Gasteiger partial charge < -0.3 is 0 Å². The minimum atomic E-state index is -4.13. The summed E-state index contributed by atoms with van der Waals surface area (Å²) in [5.41, 5.74) is 4.59. The average Bonchev–Trinajstić information content (AvgIpc) is 3.38. The third-order valence-corrected chi connectivity index (χ3v) is 9.39. The van der Waals surface area contributed by atoms with Gasteiger partial charge in [-0.1, -0.05) is 11.6 Å². The van der Waals surface area contributed by atoms with Crippen LogP contribution in [0.1, 0.15) is 39.3 Å².